The summed E-state index contributed by atoms with van der Waals surface area (Å²) in [4.78, 5) is -0.292. The van der Waals surface area contributed by atoms with Crippen molar-refractivity contribution in [2.75, 3.05) is 0 Å². The molecule has 0 aliphatic carbocycles. The van der Waals surface area contributed by atoms with Gasteiger partial charge in [-0.1, -0.05) is 18.2 Å². The summed E-state index contributed by atoms with van der Waals surface area (Å²) < 4.78 is 64.9. The average molecular weight is 419 g/mol. The van der Waals surface area contributed by atoms with Gasteiger partial charge in [0.15, 0.2) is 0 Å². The molecule has 3 rings (SSSR count). The quantitative estimate of drug-likeness (QED) is 0.635. The number of nitrogens with zero attached hydrogens (tertiary/aromatic N) is 3. The van der Waals surface area contributed by atoms with Gasteiger partial charge in [0.2, 0.25) is 0 Å². The Balaban J connectivity index is 2.02. The molecule has 9 heteroatoms. The largest absolute Gasteiger partial charge is 0.416 e. The van der Waals surface area contributed by atoms with Gasteiger partial charge in [-0.05, 0) is 49.7 Å². The van der Waals surface area contributed by atoms with E-state index in [1.165, 1.54) is 0 Å². The first-order valence-electron chi connectivity index (χ1n) is 8.51. The zero-order valence-electron chi connectivity index (χ0n) is 15.5. The molecule has 0 amide bonds. The first-order chi connectivity index (χ1) is 13.6. The number of aryl methyl sites for hydroxylation is 1. The molecule has 1 aromatic heterocycles. The molecule has 1 heterocycles. The minimum absolute atomic E-state index is 0.292. The van der Waals surface area contributed by atoms with Gasteiger partial charge in [0, 0.05) is 12.0 Å². The van der Waals surface area contributed by atoms with E-state index in [4.69, 9.17) is 0 Å². The molecular weight excluding hydrogens is 403 g/mol. The average Bonchev–Trinajstić information content (AvgIpc) is 2.97. The zero-order valence-corrected chi connectivity index (χ0v) is 16.3. The number of hydrogen-bond acceptors (Lipinski definition) is 4. The Morgan fingerprint density at radius 3 is 2.28 bits per heavy atom. The van der Waals surface area contributed by atoms with Gasteiger partial charge in [0.1, 0.15) is 0 Å². The Morgan fingerprint density at radius 1 is 1.07 bits per heavy atom. The summed E-state index contributed by atoms with van der Waals surface area (Å²) in [5.74, 6) is 0. The van der Waals surface area contributed by atoms with Crippen molar-refractivity contribution in [2.45, 2.75) is 31.3 Å². The third-order valence-electron chi connectivity index (χ3n) is 4.61. The second-order valence-corrected chi connectivity index (χ2v) is 8.23. The van der Waals surface area contributed by atoms with Gasteiger partial charge in [-0.15, -0.1) is 0 Å². The van der Waals surface area contributed by atoms with Gasteiger partial charge >= 0.3 is 6.18 Å². The predicted octanol–water partition coefficient (Wildman–Crippen LogP) is 4.22. The van der Waals surface area contributed by atoms with Gasteiger partial charge in [0.25, 0.3) is 10.0 Å². The summed E-state index contributed by atoms with van der Waals surface area (Å²) >= 11 is 0. The van der Waals surface area contributed by atoms with Crippen LogP contribution in [0.25, 0.3) is 0 Å². The van der Waals surface area contributed by atoms with Gasteiger partial charge in [0.05, 0.1) is 33.5 Å². The third kappa shape index (κ3) is 3.89. The number of benzene rings is 2. The van der Waals surface area contributed by atoms with Crippen molar-refractivity contribution in [3.8, 4) is 6.07 Å². The summed E-state index contributed by atoms with van der Waals surface area (Å²) in [7, 11) is -4.17. The van der Waals surface area contributed by atoms with Crippen molar-refractivity contribution in [2.24, 2.45) is 0 Å². The number of alkyl halides is 3. The molecule has 0 aliphatic rings. The van der Waals surface area contributed by atoms with Gasteiger partial charge < -0.3 is 0 Å². The number of hydrogen-bond donors (Lipinski definition) is 0. The molecular formula is C20H16F3N3O2S. The van der Waals surface area contributed by atoms with E-state index in [9.17, 15) is 26.9 Å². The lowest BCUT2D eigenvalue weighted by molar-refractivity contribution is -0.137. The van der Waals surface area contributed by atoms with Crippen LogP contribution in [0.2, 0.25) is 0 Å². The molecule has 0 aliphatic heterocycles. The molecule has 29 heavy (non-hydrogen) atoms. The lowest BCUT2D eigenvalue weighted by Gasteiger charge is -2.10. The van der Waals surface area contributed by atoms with Crippen molar-refractivity contribution in [3.05, 3.63) is 82.2 Å². The molecule has 0 atom stereocenters. The van der Waals surface area contributed by atoms with Crippen LogP contribution in [0.5, 0.6) is 0 Å². The number of halogens is 3. The second kappa shape index (κ2) is 7.37. The van der Waals surface area contributed by atoms with Crippen molar-refractivity contribution in [3.63, 3.8) is 0 Å². The molecule has 0 N–H and O–H groups in total. The fraction of sp³-hybridized carbons (Fsp3) is 0.200. The summed E-state index contributed by atoms with van der Waals surface area (Å²) in [5, 5.41) is 13.4. The molecule has 3 aromatic rings. The maximum absolute atomic E-state index is 12.9. The maximum Gasteiger partial charge on any atom is 0.416 e. The molecule has 2 aromatic carbocycles. The lowest BCUT2D eigenvalue weighted by atomic mass is 9.99. The Morgan fingerprint density at radius 2 is 1.69 bits per heavy atom. The highest BCUT2D eigenvalue weighted by Gasteiger charge is 2.31. The van der Waals surface area contributed by atoms with E-state index in [1.54, 1.807) is 38.1 Å². The minimum atomic E-state index is -4.55. The molecule has 0 bridgehead atoms. The standard InChI is InChI=1S/C20H16F3N3O2S/c1-13-19(11-15-5-3-4-6-16(15)12-24)14(2)26(25-13)29(27,28)18-9-7-17(8-10-18)20(21,22)23/h3-10H,11H2,1-2H3. The Labute approximate surface area is 166 Å². The summed E-state index contributed by atoms with van der Waals surface area (Å²) in [5.41, 5.74) is 1.72. The maximum atomic E-state index is 12.9. The van der Waals surface area contributed by atoms with Crippen LogP contribution in [0, 0.1) is 25.2 Å². The topological polar surface area (TPSA) is 75.8 Å². The highest BCUT2D eigenvalue weighted by Crippen LogP contribution is 2.30. The highest BCUT2D eigenvalue weighted by molar-refractivity contribution is 7.89. The molecule has 0 saturated heterocycles. The van der Waals surface area contributed by atoms with Crippen LogP contribution >= 0.6 is 0 Å². The molecule has 0 fully saturated rings. The third-order valence-corrected chi connectivity index (χ3v) is 6.29. The first kappa shape index (κ1) is 20.6. The smallest absolute Gasteiger partial charge is 0.199 e. The molecule has 0 radical (unpaired) electrons. The molecule has 0 saturated carbocycles. The van der Waals surface area contributed by atoms with Crippen molar-refractivity contribution in [1.29, 1.82) is 5.26 Å². The van der Waals surface area contributed by atoms with Crippen LogP contribution in [-0.4, -0.2) is 17.6 Å². The number of rotatable bonds is 4. The van der Waals surface area contributed by atoms with Gasteiger partial charge in [-0.25, -0.2) is 0 Å². The van der Waals surface area contributed by atoms with Gasteiger partial charge in [-0.3, -0.25) is 0 Å². The molecule has 0 spiro atoms. The van der Waals surface area contributed by atoms with Crippen LogP contribution < -0.4 is 0 Å². The van der Waals surface area contributed by atoms with E-state index in [0.717, 1.165) is 33.9 Å². The zero-order chi connectivity index (χ0) is 21.4. The summed E-state index contributed by atoms with van der Waals surface area (Å²) in [6.07, 6.45) is -4.24. The van der Waals surface area contributed by atoms with Crippen molar-refractivity contribution in [1.82, 2.24) is 9.19 Å². The van der Waals surface area contributed by atoms with E-state index in [1.807, 2.05) is 0 Å². The van der Waals surface area contributed by atoms with Crippen molar-refractivity contribution >= 4 is 10.0 Å². The molecule has 0 unspecified atom stereocenters. The Bertz CT molecular complexity index is 1210. The number of nitriles is 1. The first-order valence-corrected chi connectivity index (χ1v) is 9.95. The van der Waals surface area contributed by atoms with Gasteiger partial charge in [-0.2, -0.15) is 36.0 Å². The summed E-state index contributed by atoms with van der Waals surface area (Å²) in [6, 6.07) is 12.3. The van der Waals surface area contributed by atoms with E-state index in [2.05, 4.69) is 11.2 Å². The molecule has 5 nitrogen and oxygen atoms in total. The van der Waals surface area contributed by atoms with E-state index in [-0.39, 0.29) is 4.90 Å². The Kier molecular flexibility index (Phi) is 5.24. The number of aromatic nitrogens is 2. The predicted molar refractivity (Wildman–Crippen MR) is 99.7 cm³/mol. The summed E-state index contributed by atoms with van der Waals surface area (Å²) in [6.45, 7) is 3.22. The lowest BCUT2D eigenvalue weighted by Crippen LogP contribution is -2.17. The molecule has 150 valence electrons. The van der Waals surface area contributed by atoms with Crippen LogP contribution in [0.4, 0.5) is 13.2 Å². The fourth-order valence-corrected chi connectivity index (χ4v) is 4.41. The Hall–Kier alpha value is -3.12. The fourth-order valence-electron chi connectivity index (χ4n) is 3.03. The van der Waals surface area contributed by atoms with E-state index < -0.39 is 21.8 Å². The van der Waals surface area contributed by atoms with Crippen LogP contribution in [0.15, 0.2) is 53.4 Å². The van der Waals surface area contributed by atoms with Crippen LogP contribution in [0.3, 0.4) is 0 Å². The second-order valence-electron chi connectivity index (χ2n) is 6.47. The minimum Gasteiger partial charge on any atom is -0.199 e. The van der Waals surface area contributed by atoms with Crippen LogP contribution in [0.1, 0.15) is 33.6 Å². The highest BCUT2D eigenvalue weighted by atomic mass is 32.2. The van der Waals surface area contributed by atoms with Crippen molar-refractivity contribution < 1.29 is 21.6 Å². The van der Waals surface area contributed by atoms with E-state index in [0.29, 0.717) is 28.9 Å². The van der Waals surface area contributed by atoms with Crippen LogP contribution in [-0.2, 0) is 22.6 Å². The van der Waals surface area contributed by atoms with E-state index >= 15 is 0 Å². The monoisotopic (exact) mass is 419 g/mol. The normalized spacial score (nSPS) is 12.0. The SMILES string of the molecule is Cc1nn(S(=O)(=O)c2ccc(C(F)(F)F)cc2)c(C)c1Cc1ccccc1C#N.